The minimum atomic E-state index is -0.735. The molecule has 2 atom stereocenters. The van der Waals surface area contributed by atoms with Crippen molar-refractivity contribution in [1.82, 2.24) is 0 Å². The van der Waals surface area contributed by atoms with E-state index in [1.165, 1.54) is 12.1 Å². The summed E-state index contributed by atoms with van der Waals surface area (Å²) in [5, 5.41) is 19.7. The molecule has 0 saturated carbocycles. The number of phenols is 2. The molecule has 0 heterocycles. The van der Waals surface area contributed by atoms with E-state index in [1.807, 2.05) is 0 Å². The zero-order valence-electron chi connectivity index (χ0n) is 25.1. The largest absolute Gasteiger partial charge is 0.504 e. The van der Waals surface area contributed by atoms with Crippen LogP contribution in [0.1, 0.15) is 100 Å². The second-order valence-electron chi connectivity index (χ2n) is 12.4. The zero-order chi connectivity index (χ0) is 33.3. The summed E-state index contributed by atoms with van der Waals surface area (Å²) in [6.07, 6.45) is 11.7. The van der Waals surface area contributed by atoms with Gasteiger partial charge in [-0.25, -0.2) is 8.78 Å². The highest BCUT2D eigenvalue weighted by molar-refractivity contribution is 9.93. The van der Waals surface area contributed by atoms with Gasteiger partial charge in [-0.2, -0.15) is 0 Å². The van der Waals surface area contributed by atoms with Crippen LogP contribution in [0.4, 0.5) is 8.78 Å². The van der Waals surface area contributed by atoms with Crippen LogP contribution in [0.25, 0.3) is 11.1 Å². The van der Waals surface area contributed by atoms with Crippen molar-refractivity contribution in [3.05, 3.63) is 66.6 Å². The molecule has 6 rings (SSSR count). The maximum absolute atomic E-state index is 13.9. The minimum Gasteiger partial charge on any atom is -0.504 e. The molecule has 4 aliphatic rings. The Balaban J connectivity index is 0.000000194. The van der Waals surface area contributed by atoms with Gasteiger partial charge < -0.3 is 10.2 Å². The second-order valence-corrected chi connectivity index (χ2v) is 13.9. The van der Waals surface area contributed by atoms with Gasteiger partial charge in [-0.3, -0.25) is 9.59 Å². The number of ketones is 2. The van der Waals surface area contributed by atoms with Gasteiger partial charge >= 0.3 is 0 Å². The van der Waals surface area contributed by atoms with Crippen molar-refractivity contribution in [2.45, 2.75) is 90.9 Å². The summed E-state index contributed by atoms with van der Waals surface area (Å²) in [5.41, 5.74) is 4.45. The van der Waals surface area contributed by atoms with E-state index < -0.39 is 23.1 Å². The highest BCUT2D eigenvalue weighted by atomic mass is 80.9. The minimum absolute atomic E-state index is 0.0552. The molecular weight excluding hydrogens is 821 g/mol. The SMILES string of the molecule is BrBr.CCCC[C@@]12CCC(=O)C(Br)=C1c1cc(F)c(O)c(Cl)c1C2.CCCC[C@@]12CCC(=O)C=C1c1cc(F)c(O)c(Cl)c1C2. The predicted molar refractivity (Wildman–Crippen MR) is 188 cm³/mol. The van der Waals surface area contributed by atoms with E-state index >= 15 is 0 Å². The molecule has 2 aromatic carbocycles. The van der Waals surface area contributed by atoms with E-state index in [0.717, 1.165) is 73.6 Å². The summed E-state index contributed by atoms with van der Waals surface area (Å²) < 4.78 is 28.3. The Morgan fingerprint density at radius 3 is 1.89 bits per heavy atom. The molecular formula is C34H35Br3Cl2F2O4. The smallest absolute Gasteiger partial charge is 0.170 e. The lowest BCUT2D eigenvalue weighted by Gasteiger charge is -2.35. The Hall–Kier alpha value is -1.26. The lowest BCUT2D eigenvalue weighted by atomic mass is 9.69. The normalized spacial score (nSPS) is 22.8. The van der Waals surface area contributed by atoms with Crippen LogP contribution in [-0.4, -0.2) is 21.8 Å². The Kier molecular flexibility index (Phi) is 12.1. The van der Waals surface area contributed by atoms with Gasteiger partial charge in [-0.05, 0) is 106 Å². The van der Waals surface area contributed by atoms with Crippen molar-refractivity contribution in [3.63, 3.8) is 0 Å². The summed E-state index contributed by atoms with van der Waals surface area (Å²) in [6, 6.07) is 2.65. The third-order valence-corrected chi connectivity index (χ3v) is 11.4. The zero-order valence-corrected chi connectivity index (χ0v) is 31.3. The third kappa shape index (κ3) is 6.72. The standard InChI is InChI=1S/C17H17BrClFO2.C17H18ClFO2.Br2/c1-2-3-5-17-6-4-12(21)14(18)13(17)9-7-11(20)16(22)15(19)10(9)8-17;1-2-3-5-17-6-4-10(20)7-13(17)11-8-14(19)16(21)15(18)12(11)9-17;1-2/h7,22H,2-6,8H2,1H3;7-8,21H,2-6,9H2,1H3;/t2*17-;/m00./s1. The first kappa shape index (κ1) is 36.6. The fraction of sp³-hybridized carbons (Fsp3) is 0.471. The molecule has 45 heavy (non-hydrogen) atoms. The number of hydrogen-bond acceptors (Lipinski definition) is 4. The van der Waals surface area contributed by atoms with E-state index in [2.05, 4.69) is 58.0 Å². The molecule has 0 spiro atoms. The van der Waals surface area contributed by atoms with Crippen LogP contribution in [0.2, 0.25) is 10.0 Å². The number of carbonyl (C=O) groups excluding carboxylic acids is 2. The lowest BCUT2D eigenvalue weighted by Crippen LogP contribution is -2.27. The molecule has 0 saturated heterocycles. The summed E-state index contributed by atoms with van der Waals surface area (Å²) in [6.45, 7) is 4.26. The first-order valence-electron chi connectivity index (χ1n) is 15.1. The molecule has 0 fully saturated rings. The molecule has 4 nitrogen and oxygen atoms in total. The Morgan fingerprint density at radius 1 is 0.822 bits per heavy atom. The van der Waals surface area contributed by atoms with Crippen LogP contribution < -0.4 is 0 Å². The molecule has 4 aliphatic carbocycles. The molecule has 0 radical (unpaired) electrons. The summed E-state index contributed by atoms with van der Waals surface area (Å²) in [4.78, 5) is 23.9. The van der Waals surface area contributed by atoms with Crippen LogP contribution in [0, 0.1) is 22.5 Å². The second kappa shape index (κ2) is 14.9. The van der Waals surface area contributed by atoms with Gasteiger partial charge in [0.2, 0.25) is 0 Å². The third-order valence-electron chi connectivity index (χ3n) is 9.75. The quantitative estimate of drug-likeness (QED) is 0.304. The first-order valence-corrected chi connectivity index (χ1v) is 20.4. The Labute approximate surface area is 296 Å². The Morgan fingerprint density at radius 2 is 1.31 bits per heavy atom. The molecule has 0 unspecified atom stereocenters. The highest BCUT2D eigenvalue weighted by Gasteiger charge is 2.48. The first-order chi connectivity index (χ1) is 21.4. The topological polar surface area (TPSA) is 74.6 Å². The number of fused-ring (bicyclic) bond motifs is 6. The number of allylic oxidation sites excluding steroid dienone is 4. The van der Waals surface area contributed by atoms with Crippen LogP contribution in [0.3, 0.4) is 0 Å². The maximum Gasteiger partial charge on any atom is 0.170 e. The van der Waals surface area contributed by atoms with Crippen LogP contribution in [0.15, 0.2) is 22.7 Å². The number of halogens is 7. The molecule has 11 heteroatoms. The van der Waals surface area contributed by atoms with E-state index in [1.54, 1.807) is 6.08 Å². The number of hydrogen-bond donors (Lipinski definition) is 2. The number of carbonyl (C=O) groups is 2. The van der Waals surface area contributed by atoms with Crippen LogP contribution >= 0.6 is 67.4 Å². The monoisotopic (exact) mass is 852 g/mol. The average Bonchev–Trinajstić information content (AvgIpc) is 3.53. The maximum atomic E-state index is 13.9. The van der Waals surface area contributed by atoms with E-state index in [4.69, 9.17) is 23.2 Å². The molecule has 2 aromatic rings. The van der Waals surface area contributed by atoms with E-state index in [9.17, 15) is 28.6 Å². The molecule has 0 aromatic heterocycles. The van der Waals surface area contributed by atoms with Gasteiger partial charge in [0.05, 0.1) is 14.5 Å². The number of benzene rings is 2. The predicted octanol–water partition coefficient (Wildman–Crippen LogP) is 11.7. The van der Waals surface area contributed by atoms with Gasteiger partial charge in [0.15, 0.2) is 34.7 Å². The lowest BCUT2D eigenvalue weighted by molar-refractivity contribution is -0.116. The molecule has 0 amide bonds. The molecule has 2 N–H and O–H groups in total. The number of phenolic OH excluding ortho intramolecular Hbond substituents is 2. The number of unbranched alkanes of at least 4 members (excludes halogenated alkanes) is 2. The average molecular weight is 856 g/mol. The van der Waals surface area contributed by atoms with Crippen molar-refractivity contribution in [3.8, 4) is 11.5 Å². The summed E-state index contributed by atoms with van der Waals surface area (Å²) in [5.74, 6) is -2.28. The fourth-order valence-corrected chi connectivity index (χ4v) is 8.82. The van der Waals surface area contributed by atoms with Gasteiger partial charge in [0, 0.05) is 51.9 Å². The van der Waals surface area contributed by atoms with Crippen molar-refractivity contribution in [2.24, 2.45) is 10.8 Å². The van der Waals surface area contributed by atoms with E-state index in [0.29, 0.717) is 41.3 Å². The van der Waals surface area contributed by atoms with Crippen LogP contribution in [0.5, 0.6) is 11.5 Å². The number of aromatic hydroxyl groups is 2. The molecule has 0 aliphatic heterocycles. The van der Waals surface area contributed by atoms with Gasteiger partial charge in [-0.15, -0.1) is 0 Å². The van der Waals surface area contributed by atoms with Crippen molar-refractivity contribution < 1.29 is 28.6 Å². The van der Waals surface area contributed by atoms with Crippen molar-refractivity contribution in [1.29, 1.82) is 0 Å². The highest BCUT2D eigenvalue weighted by Crippen LogP contribution is 2.60. The fourth-order valence-electron chi connectivity index (χ4n) is 7.47. The molecule has 0 bridgehead atoms. The summed E-state index contributed by atoms with van der Waals surface area (Å²) in [7, 11) is 0. The number of Topliss-reactive ketones (excluding diaryl/α,β-unsaturated/α-hetero) is 1. The van der Waals surface area contributed by atoms with E-state index in [-0.39, 0.29) is 32.4 Å². The Bertz CT molecular complexity index is 1590. The van der Waals surface area contributed by atoms with Gasteiger partial charge in [-0.1, -0.05) is 62.7 Å². The van der Waals surface area contributed by atoms with Crippen LogP contribution in [-0.2, 0) is 22.4 Å². The van der Waals surface area contributed by atoms with Crippen molar-refractivity contribution in [2.75, 3.05) is 0 Å². The number of rotatable bonds is 6. The van der Waals surface area contributed by atoms with Gasteiger partial charge in [0.25, 0.3) is 0 Å². The van der Waals surface area contributed by atoms with Gasteiger partial charge in [0.1, 0.15) is 0 Å². The molecule has 244 valence electrons. The summed E-state index contributed by atoms with van der Waals surface area (Å²) >= 11 is 21.2. The van der Waals surface area contributed by atoms with Crippen molar-refractivity contribution >= 4 is 90.1 Å².